The van der Waals surface area contributed by atoms with Crippen LogP contribution in [0.2, 0.25) is 0 Å². The van der Waals surface area contributed by atoms with Crippen molar-refractivity contribution in [3.05, 3.63) is 57.7 Å². The summed E-state index contributed by atoms with van der Waals surface area (Å²) in [7, 11) is 0. The Morgan fingerprint density at radius 3 is 2.78 bits per heavy atom. The van der Waals surface area contributed by atoms with Crippen LogP contribution < -0.4 is 16.0 Å². The molecule has 1 fully saturated rings. The van der Waals surface area contributed by atoms with Gasteiger partial charge in [-0.25, -0.2) is 9.78 Å². The van der Waals surface area contributed by atoms with Crippen molar-refractivity contribution in [3.8, 4) is 10.6 Å². The first kappa shape index (κ1) is 17.4. The Kier molecular flexibility index (Phi) is 4.25. The molecule has 27 heavy (non-hydrogen) atoms. The second-order valence-electron chi connectivity index (χ2n) is 6.12. The minimum Gasteiger partial charge on any atom is -0.321 e. The summed E-state index contributed by atoms with van der Waals surface area (Å²) in [5.41, 5.74) is 1.22. The number of anilines is 1. The van der Waals surface area contributed by atoms with Crippen molar-refractivity contribution in [2.45, 2.75) is 12.5 Å². The predicted octanol–water partition coefficient (Wildman–Crippen LogP) is 3.18. The third kappa shape index (κ3) is 3.22. The van der Waals surface area contributed by atoms with E-state index in [-0.39, 0.29) is 5.91 Å². The number of urea groups is 1. The van der Waals surface area contributed by atoms with Gasteiger partial charge in [0, 0.05) is 22.0 Å². The van der Waals surface area contributed by atoms with Gasteiger partial charge < -0.3 is 10.6 Å². The molecule has 1 atom stereocenters. The summed E-state index contributed by atoms with van der Waals surface area (Å²) < 4.78 is 0. The number of benzene rings is 1. The van der Waals surface area contributed by atoms with Crippen LogP contribution in [-0.2, 0) is 10.3 Å². The molecule has 0 unspecified atom stereocenters. The zero-order chi connectivity index (χ0) is 19.0. The zero-order valence-electron chi connectivity index (χ0n) is 14.1. The summed E-state index contributed by atoms with van der Waals surface area (Å²) in [5, 5.41) is 14.0. The fraction of sp³-hybridized carbons (Fsp3) is 0.111. The lowest BCUT2D eigenvalue weighted by molar-refractivity contribution is -0.123. The van der Waals surface area contributed by atoms with E-state index in [4.69, 9.17) is 0 Å². The van der Waals surface area contributed by atoms with Gasteiger partial charge in [-0.1, -0.05) is 12.1 Å². The average Bonchev–Trinajstić information content (AvgIpc) is 3.36. The quantitative estimate of drug-likeness (QED) is 0.588. The second kappa shape index (κ2) is 6.60. The lowest BCUT2D eigenvalue weighted by atomic mass is 9.92. The highest BCUT2D eigenvalue weighted by molar-refractivity contribution is 7.14. The summed E-state index contributed by atoms with van der Waals surface area (Å²) in [6.07, 6.45) is 0. The Morgan fingerprint density at radius 1 is 1.22 bits per heavy atom. The highest BCUT2D eigenvalue weighted by Crippen LogP contribution is 2.28. The first-order valence-corrected chi connectivity index (χ1v) is 9.81. The van der Waals surface area contributed by atoms with Gasteiger partial charge in [-0.3, -0.25) is 14.9 Å². The van der Waals surface area contributed by atoms with E-state index in [1.54, 1.807) is 47.9 Å². The third-order valence-corrected chi connectivity index (χ3v) is 5.82. The summed E-state index contributed by atoms with van der Waals surface area (Å²) in [4.78, 5) is 40.4. The number of aromatic nitrogens is 1. The van der Waals surface area contributed by atoms with Gasteiger partial charge in [0.15, 0.2) is 0 Å². The van der Waals surface area contributed by atoms with Gasteiger partial charge in [0.2, 0.25) is 0 Å². The number of hydrogen-bond acceptors (Lipinski definition) is 6. The Labute approximate surface area is 162 Å². The molecule has 1 aliphatic rings. The van der Waals surface area contributed by atoms with Crippen LogP contribution in [0.15, 0.2) is 46.5 Å². The van der Waals surface area contributed by atoms with E-state index in [1.807, 2.05) is 16.8 Å². The van der Waals surface area contributed by atoms with Gasteiger partial charge in [-0.15, -0.1) is 11.3 Å². The summed E-state index contributed by atoms with van der Waals surface area (Å²) in [5.74, 6) is -0.772. The molecule has 2 aromatic heterocycles. The predicted molar refractivity (Wildman–Crippen MR) is 104 cm³/mol. The number of nitrogens with one attached hydrogen (secondary N) is 3. The number of amides is 4. The molecule has 1 saturated heterocycles. The molecule has 0 aliphatic carbocycles. The molecule has 3 heterocycles. The minimum atomic E-state index is -1.18. The monoisotopic (exact) mass is 398 g/mol. The molecule has 1 aromatic carbocycles. The van der Waals surface area contributed by atoms with Crippen LogP contribution in [0.1, 0.15) is 23.0 Å². The normalized spacial score (nSPS) is 18.9. The topological polar surface area (TPSA) is 100 Å². The van der Waals surface area contributed by atoms with Crippen LogP contribution in [-0.4, -0.2) is 22.8 Å². The summed E-state index contributed by atoms with van der Waals surface area (Å²) in [6, 6.07) is 8.22. The fourth-order valence-corrected chi connectivity index (χ4v) is 4.26. The van der Waals surface area contributed by atoms with Crippen molar-refractivity contribution in [1.29, 1.82) is 0 Å². The summed E-state index contributed by atoms with van der Waals surface area (Å²) >= 11 is 2.98. The van der Waals surface area contributed by atoms with Gasteiger partial charge in [0.1, 0.15) is 16.2 Å². The molecular weight excluding hydrogens is 384 g/mol. The maximum absolute atomic E-state index is 12.5. The van der Waals surface area contributed by atoms with E-state index in [0.29, 0.717) is 16.9 Å². The maximum Gasteiger partial charge on any atom is 0.322 e. The lowest BCUT2D eigenvalue weighted by Gasteiger charge is -2.21. The Bertz CT molecular complexity index is 1040. The molecule has 0 radical (unpaired) electrons. The largest absolute Gasteiger partial charge is 0.322 e. The number of nitrogens with zero attached hydrogens (tertiary/aromatic N) is 1. The molecule has 1 aliphatic heterocycles. The average molecular weight is 398 g/mol. The van der Waals surface area contributed by atoms with Crippen molar-refractivity contribution < 1.29 is 14.4 Å². The van der Waals surface area contributed by atoms with E-state index < -0.39 is 17.5 Å². The van der Waals surface area contributed by atoms with Crippen LogP contribution >= 0.6 is 22.7 Å². The summed E-state index contributed by atoms with van der Waals surface area (Å²) in [6.45, 7) is 1.61. The zero-order valence-corrected chi connectivity index (χ0v) is 15.7. The molecule has 3 N–H and O–H groups in total. The van der Waals surface area contributed by atoms with Crippen LogP contribution in [0.3, 0.4) is 0 Å². The number of carbonyl (C=O) groups is 3. The van der Waals surface area contributed by atoms with Gasteiger partial charge in [0.05, 0.1) is 0 Å². The van der Waals surface area contributed by atoms with E-state index in [9.17, 15) is 14.4 Å². The first-order valence-electron chi connectivity index (χ1n) is 7.99. The van der Waals surface area contributed by atoms with E-state index in [2.05, 4.69) is 20.9 Å². The number of imide groups is 1. The number of hydrogen-bond donors (Lipinski definition) is 3. The number of thiazole rings is 1. The Morgan fingerprint density at radius 2 is 2.07 bits per heavy atom. The molecule has 3 aromatic rings. The van der Waals surface area contributed by atoms with Crippen molar-refractivity contribution in [2.75, 3.05) is 5.32 Å². The van der Waals surface area contributed by atoms with Crippen molar-refractivity contribution >= 4 is 46.2 Å². The van der Waals surface area contributed by atoms with E-state index in [0.717, 1.165) is 10.6 Å². The van der Waals surface area contributed by atoms with Crippen molar-refractivity contribution in [1.82, 2.24) is 15.6 Å². The molecule has 9 heteroatoms. The third-order valence-electron chi connectivity index (χ3n) is 4.25. The van der Waals surface area contributed by atoms with Crippen LogP contribution in [0.4, 0.5) is 10.5 Å². The lowest BCUT2D eigenvalue weighted by Crippen LogP contribution is -2.40. The second-order valence-corrected chi connectivity index (χ2v) is 7.76. The molecular formula is C18H14N4O3S2. The fourth-order valence-electron chi connectivity index (χ4n) is 2.75. The van der Waals surface area contributed by atoms with Gasteiger partial charge in [-0.2, -0.15) is 11.3 Å². The molecule has 4 amide bonds. The molecule has 136 valence electrons. The van der Waals surface area contributed by atoms with Crippen molar-refractivity contribution in [3.63, 3.8) is 0 Å². The van der Waals surface area contributed by atoms with E-state index in [1.165, 1.54) is 11.3 Å². The Balaban J connectivity index is 1.54. The Hall–Kier alpha value is -3.04. The molecule has 7 nitrogen and oxygen atoms in total. The van der Waals surface area contributed by atoms with Gasteiger partial charge in [0.25, 0.3) is 11.8 Å². The molecule has 0 spiro atoms. The van der Waals surface area contributed by atoms with Gasteiger partial charge >= 0.3 is 6.03 Å². The highest BCUT2D eigenvalue weighted by atomic mass is 32.1. The number of thiophene rings is 1. The SMILES string of the molecule is C[C@]1(c2cccc(NC(=O)c3csc(-c4ccsc4)n3)c2)NC(=O)NC1=O. The van der Waals surface area contributed by atoms with Gasteiger partial charge in [-0.05, 0) is 36.1 Å². The number of rotatable bonds is 4. The van der Waals surface area contributed by atoms with Crippen LogP contribution in [0, 0.1) is 0 Å². The van der Waals surface area contributed by atoms with Crippen molar-refractivity contribution in [2.24, 2.45) is 0 Å². The first-order chi connectivity index (χ1) is 13.0. The highest BCUT2D eigenvalue weighted by Gasteiger charge is 2.43. The van der Waals surface area contributed by atoms with E-state index >= 15 is 0 Å². The van der Waals surface area contributed by atoms with Crippen LogP contribution in [0.5, 0.6) is 0 Å². The molecule has 0 bridgehead atoms. The smallest absolute Gasteiger partial charge is 0.321 e. The molecule has 0 saturated carbocycles. The standard InChI is InChI=1S/C18H14N4O3S2/c1-18(16(24)21-17(25)22-18)11-3-2-4-12(7-11)19-14(23)13-9-27-15(20-13)10-5-6-26-8-10/h2-9H,1H3,(H,19,23)(H2,21,22,24,25)/t18-/m1/s1. The molecule has 4 rings (SSSR count). The maximum atomic E-state index is 12.5. The number of carbonyl (C=O) groups excluding carboxylic acids is 3. The minimum absolute atomic E-state index is 0.324. The van der Waals surface area contributed by atoms with Crippen LogP contribution in [0.25, 0.3) is 10.6 Å².